The summed E-state index contributed by atoms with van der Waals surface area (Å²) in [5, 5.41) is 7.47. The molecule has 1 heterocycles. The Balaban J connectivity index is 2.06. The molecule has 130 valence electrons. The number of hydrogen-bond donors (Lipinski definition) is 0. The molecule has 0 fully saturated rings. The van der Waals surface area contributed by atoms with E-state index in [9.17, 15) is 0 Å². The third-order valence-corrected chi connectivity index (χ3v) is 6.10. The predicted molar refractivity (Wildman–Crippen MR) is 119 cm³/mol. The van der Waals surface area contributed by atoms with E-state index in [4.69, 9.17) is 0 Å². The van der Waals surface area contributed by atoms with E-state index >= 15 is 0 Å². The van der Waals surface area contributed by atoms with Gasteiger partial charge < -0.3 is 0 Å². The van der Waals surface area contributed by atoms with Gasteiger partial charge in [0.05, 0.1) is 0 Å². The van der Waals surface area contributed by atoms with Crippen LogP contribution in [-0.4, -0.2) is 4.98 Å². The van der Waals surface area contributed by atoms with Gasteiger partial charge in [0.1, 0.15) is 0 Å². The Morgan fingerprint density at radius 1 is 0.778 bits per heavy atom. The van der Waals surface area contributed by atoms with Crippen molar-refractivity contribution in [1.82, 2.24) is 4.98 Å². The maximum atomic E-state index is 4.58. The van der Waals surface area contributed by atoms with Crippen molar-refractivity contribution < 1.29 is 0 Å². The molecule has 0 saturated heterocycles. The number of hydrogen-bond acceptors (Lipinski definition) is 1. The number of rotatable bonds is 1. The van der Waals surface area contributed by atoms with Crippen LogP contribution in [0.5, 0.6) is 0 Å². The van der Waals surface area contributed by atoms with Gasteiger partial charge in [0.25, 0.3) is 0 Å². The summed E-state index contributed by atoms with van der Waals surface area (Å²) in [6.07, 6.45) is 23.5. The normalized spacial score (nSPS) is 14.7. The van der Waals surface area contributed by atoms with Crippen molar-refractivity contribution in [3.63, 3.8) is 0 Å². The summed E-state index contributed by atoms with van der Waals surface area (Å²) in [5.74, 6) is 0. The summed E-state index contributed by atoms with van der Waals surface area (Å²) < 4.78 is 1.17. The average Bonchev–Trinajstić information content (AvgIpc) is 3.09. The van der Waals surface area contributed by atoms with Crippen LogP contribution in [0.1, 0.15) is 12.8 Å². The molecule has 0 N–H and O–H groups in total. The molecule has 2 heteroatoms. The van der Waals surface area contributed by atoms with Crippen LogP contribution in [0.25, 0.3) is 46.2 Å². The summed E-state index contributed by atoms with van der Waals surface area (Å²) in [7, 11) is 0. The van der Waals surface area contributed by atoms with Crippen molar-refractivity contribution in [2.45, 2.75) is 12.8 Å². The third-order valence-electron chi connectivity index (χ3n) is 5.24. The molecule has 0 unspecified atom stereocenters. The Morgan fingerprint density at radius 2 is 1.52 bits per heavy atom. The quantitative estimate of drug-likeness (QED) is 0.594. The molecule has 1 aromatic heterocycles. The highest BCUT2D eigenvalue weighted by molar-refractivity contribution is 9.10. The molecule has 5 rings (SSSR count). The van der Waals surface area contributed by atoms with E-state index in [0.717, 1.165) is 12.8 Å². The lowest BCUT2D eigenvalue weighted by atomic mass is 9.93. The zero-order chi connectivity index (χ0) is 18.2. The number of fused-ring (bicyclic) bond motifs is 3. The molecule has 2 aliphatic rings. The fraction of sp³-hybridized carbons (Fsp3) is 0.0800. The first-order valence-electron chi connectivity index (χ1n) is 9.23. The van der Waals surface area contributed by atoms with E-state index in [1.165, 1.54) is 47.2 Å². The summed E-state index contributed by atoms with van der Waals surface area (Å²) in [5.41, 5.74) is 2.47. The zero-order valence-corrected chi connectivity index (χ0v) is 16.4. The van der Waals surface area contributed by atoms with Crippen LogP contribution in [0.4, 0.5) is 0 Å². The minimum atomic E-state index is 0.937. The molecule has 2 aromatic carbocycles. The number of benzene rings is 2. The Kier molecular flexibility index (Phi) is 4.14. The molecule has 0 radical (unpaired) electrons. The van der Waals surface area contributed by atoms with E-state index < -0.39 is 0 Å². The Morgan fingerprint density at radius 3 is 2.37 bits per heavy atom. The van der Waals surface area contributed by atoms with Crippen molar-refractivity contribution >= 4 is 51.0 Å². The lowest BCUT2D eigenvalue weighted by Crippen LogP contribution is -2.33. The topological polar surface area (TPSA) is 12.9 Å². The maximum absolute atomic E-state index is 4.58. The zero-order valence-electron chi connectivity index (χ0n) is 14.8. The smallest absolute Gasteiger partial charge is 0.0353 e. The second kappa shape index (κ2) is 6.79. The van der Waals surface area contributed by atoms with Crippen molar-refractivity contribution in [3.05, 3.63) is 86.3 Å². The molecule has 2 aliphatic carbocycles. The van der Waals surface area contributed by atoms with Crippen molar-refractivity contribution in [2.75, 3.05) is 0 Å². The summed E-state index contributed by atoms with van der Waals surface area (Å²) in [6, 6.07) is 8.64. The third kappa shape index (κ3) is 2.72. The van der Waals surface area contributed by atoms with Crippen LogP contribution in [-0.2, 0) is 0 Å². The Hall–Kier alpha value is -2.71. The van der Waals surface area contributed by atoms with Crippen molar-refractivity contribution in [3.8, 4) is 11.1 Å². The highest BCUT2D eigenvalue weighted by Gasteiger charge is 2.13. The van der Waals surface area contributed by atoms with E-state index in [1.54, 1.807) is 0 Å². The standard InChI is InChI=1S/C25H18BrN/c26-25-21-13-6-2-5-11-19(21)24(20-12-7-8-14-22(20)25)23-16-27-15-17-9-3-1-4-10-18(17)23/h1-3,5,7-16H,4,6H2. The second-order valence-electron chi connectivity index (χ2n) is 6.82. The van der Waals surface area contributed by atoms with E-state index in [-0.39, 0.29) is 0 Å². The van der Waals surface area contributed by atoms with Crippen molar-refractivity contribution in [2.24, 2.45) is 0 Å². The molecule has 0 saturated carbocycles. The molecule has 1 nitrogen and oxygen atoms in total. The molecule has 0 bridgehead atoms. The molecular weight excluding hydrogens is 394 g/mol. The van der Waals surface area contributed by atoms with Gasteiger partial charge >= 0.3 is 0 Å². The largest absolute Gasteiger partial charge is 0.263 e. The summed E-state index contributed by atoms with van der Waals surface area (Å²) >= 11 is 3.88. The molecule has 0 amide bonds. The van der Waals surface area contributed by atoms with Crippen LogP contribution < -0.4 is 20.9 Å². The van der Waals surface area contributed by atoms with Gasteiger partial charge in [-0.15, -0.1) is 0 Å². The van der Waals surface area contributed by atoms with Gasteiger partial charge in [0.15, 0.2) is 0 Å². The Bertz CT molecular complexity index is 1370. The van der Waals surface area contributed by atoms with Gasteiger partial charge in [-0.2, -0.15) is 0 Å². The number of nitrogens with zero attached hydrogens (tertiary/aromatic N) is 1. The van der Waals surface area contributed by atoms with E-state index in [2.05, 4.69) is 93.8 Å². The van der Waals surface area contributed by atoms with Gasteiger partial charge in [-0.05, 0) is 60.8 Å². The molecule has 3 aromatic rings. The minimum Gasteiger partial charge on any atom is -0.263 e. The van der Waals surface area contributed by atoms with Gasteiger partial charge in [-0.1, -0.05) is 72.9 Å². The maximum Gasteiger partial charge on any atom is 0.0353 e. The van der Waals surface area contributed by atoms with Crippen LogP contribution in [0.3, 0.4) is 0 Å². The molecule has 0 atom stereocenters. The first-order valence-corrected chi connectivity index (χ1v) is 10.0. The van der Waals surface area contributed by atoms with E-state index in [1.807, 2.05) is 12.4 Å². The lowest BCUT2D eigenvalue weighted by molar-refractivity contribution is 1.27. The highest BCUT2D eigenvalue weighted by Crippen LogP contribution is 2.27. The van der Waals surface area contributed by atoms with E-state index in [0.29, 0.717) is 0 Å². The fourth-order valence-electron chi connectivity index (χ4n) is 4.01. The highest BCUT2D eigenvalue weighted by atomic mass is 79.9. The van der Waals surface area contributed by atoms with Crippen LogP contribution in [0.2, 0.25) is 0 Å². The first kappa shape index (κ1) is 16.5. The van der Waals surface area contributed by atoms with Gasteiger partial charge in [-0.3, -0.25) is 4.98 Å². The van der Waals surface area contributed by atoms with Crippen LogP contribution >= 0.6 is 15.9 Å². The van der Waals surface area contributed by atoms with Crippen LogP contribution in [0, 0.1) is 0 Å². The van der Waals surface area contributed by atoms with Gasteiger partial charge in [0.2, 0.25) is 0 Å². The number of aromatic nitrogens is 1. The Labute approximate surface area is 166 Å². The lowest BCUT2D eigenvalue weighted by Gasteiger charge is -2.13. The summed E-state index contributed by atoms with van der Waals surface area (Å²) in [4.78, 5) is 4.58. The molecular formula is C25H18BrN. The average molecular weight is 412 g/mol. The number of allylic oxidation sites excluding steroid dienone is 4. The first-order chi connectivity index (χ1) is 13.3. The molecule has 0 aliphatic heterocycles. The number of pyridine rings is 1. The fourth-order valence-corrected chi connectivity index (χ4v) is 4.73. The van der Waals surface area contributed by atoms with Gasteiger partial charge in [0, 0.05) is 27.6 Å². The monoisotopic (exact) mass is 411 g/mol. The summed E-state index contributed by atoms with van der Waals surface area (Å²) in [6.45, 7) is 0. The number of halogens is 1. The molecule has 0 spiro atoms. The second-order valence-corrected chi connectivity index (χ2v) is 7.61. The van der Waals surface area contributed by atoms with Crippen LogP contribution in [0.15, 0.2) is 65.4 Å². The van der Waals surface area contributed by atoms with Crippen molar-refractivity contribution in [1.29, 1.82) is 0 Å². The molecule has 27 heavy (non-hydrogen) atoms. The SMILES string of the molecule is Brc1c2c(c(-c3cncc4c3=CCC=CC=4)c3ccccc13)=CC=CCC=2. The minimum absolute atomic E-state index is 0.937. The predicted octanol–water partition coefficient (Wildman–Crippen LogP) is 3.71. The van der Waals surface area contributed by atoms with Gasteiger partial charge in [-0.25, -0.2) is 0 Å².